The minimum Gasteiger partial charge on any atom is -0.493 e. The van der Waals surface area contributed by atoms with Crippen molar-refractivity contribution in [3.63, 3.8) is 0 Å². The molecule has 0 saturated heterocycles. The van der Waals surface area contributed by atoms with Crippen molar-refractivity contribution in [1.29, 1.82) is 0 Å². The summed E-state index contributed by atoms with van der Waals surface area (Å²) in [7, 11) is 3.05. The van der Waals surface area contributed by atoms with Gasteiger partial charge in [-0.2, -0.15) is 0 Å². The molecule has 0 heterocycles. The minimum absolute atomic E-state index is 0.0174. The highest BCUT2D eigenvalue weighted by atomic mass is 16.5. The van der Waals surface area contributed by atoms with Gasteiger partial charge in [0.1, 0.15) is 12.6 Å². The van der Waals surface area contributed by atoms with Crippen LogP contribution in [0.15, 0.2) is 12.1 Å². The van der Waals surface area contributed by atoms with E-state index in [0.29, 0.717) is 23.5 Å². The van der Waals surface area contributed by atoms with Gasteiger partial charge in [-0.05, 0) is 18.1 Å². The van der Waals surface area contributed by atoms with E-state index < -0.39 is 0 Å². The zero-order chi connectivity index (χ0) is 12.8. The Morgan fingerprint density at radius 1 is 1.24 bits per heavy atom. The Kier molecular flexibility index (Phi) is 4.69. The first kappa shape index (κ1) is 13.2. The molecule has 1 aromatic rings. The molecule has 0 amide bonds. The quantitative estimate of drug-likeness (QED) is 0.710. The molecule has 0 spiro atoms. The number of hydrogen-bond donors (Lipinski definition) is 0. The Hall–Kier alpha value is -1.84. The van der Waals surface area contributed by atoms with E-state index in [1.54, 1.807) is 12.1 Å². The summed E-state index contributed by atoms with van der Waals surface area (Å²) >= 11 is 0. The van der Waals surface area contributed by atoms with Crippen LogP contribution in [0.25, 0.3) is 0 Å². The van der Waals surface area contributed by atoms with Crippen LogP contribution in [0.3, 0.4) is 0 Å². The van der Waals surface area contributed by atoms with Gasteiger partial charge < -0.3 is 14.3 Å². The molecule has 0 aliphatic heterocycles. The van der Waals surface area contributed by atoms with E-state index in [1.807, 2.05) is 6.92 Å². The Morgan fingerprint density at radius 3 is 2.41 bits per heavy atom. The van der Waals surface area contributed by atoms with Gasteiger partial charge in [-0.1, -0.05) is 6.92 Å². The third-order valence-corrected chi connectivity index (χ3v) is 2.65. The van der Waals surface area contributed by atoms with Crippen LogP contribution in [0.2, 0.25) is 0 Å². The van der Waals surface area contributed by atoms with Crippen molar-refractivity contribution in [2.75, 3.05) is 14.2 Å². The fourth-order valence-corrected chi connectivity index (χ4v) is 1.72. The van der Waals surface area contributed by atoms with Gasteiger partial charge >= 0.3 is 0 Å². The smallest absolute Gasteiger partial charge is 0.164 e. The zero-order valence-electron chi connectivity index (χ0n) is 10.2. The van der Waals surface area contributed by atoms with Crippen LogP contribution in [0.1, 0.15) is 35.2 Å². The number of rotatable bonds is 6. The molecule has 1 aromatic carbocycles. The molecule has 1 atom stereocenters. The second-order valence-electron chi connectivity index (χ2n) is 3.77. The standard InChI is InChI=1S/C13H16O4/c1-9(4-5-14)11-6-10(8-15)7-12(16-2)13(11)17-3/h5-9H,4H2,1-3H3. The van der Waals surface area contributed by atoms with Crippen molar-refractivity contribution < 1.29 is 19.1 Å². The highest BCUT2D eigenvalue weighted by Crippen LogP contribution is 2.37. The maximum atomic E-state index is 10.8. The lowest BCUT2D eigenvalue weighted by Crippen LogP contribution is -2.02. The third-order valence-electron chi connectivity index (χ3n) is 2.65. The molecule has 1 unspecified atom stereocenters. The van der Waals surface area contributed by atoms with Gasteiger partial charge in [0.15, 0.2) is 11.5 Å². The summed E-state index contributed by atoms with van der Waals surface area (Å²) in [6.45, 7) is 1.90. The van der Waals surface area contributed by atoms with Gasteiger partial charge in [-0.25, -0.2) is 0 Å². The van der Waals surface area contributed by atoms with Crippen molar-refractivity contribution in [3.05, 3.63) is 23.3 Å². The second kappa shape index (κ2) is 6.03. The first-order valence-electron chi connectivity index (χ1n) is 5.32. The second-order valence-corrected chi connectivity index (χ2v) is 3.77. The van der Waals surface area contributed by atoms with Crippen molar-refractivity contribution in [3.8, 4) is 11.5 Å². The van der Waals surface area contributed by atoms with Crippen LogP contribution in [-0.2, 0) is 4.79 Å². The van der Waals surface area contributed by atoms with Gasteiger partial charge in [-0.3, -0.25) is 4.79 Å². The van der Waals surface area contributed by atoms with Crippen molar-refractivity contribution >= 4 is 12.6 Å². The summed E-state index contributed by atoms with van der Waals surface area (Å²) in [5, 5.41) is 0. The molecule has 92 valence electrons. The number of carbonyl (C=O) groups excluding carboxylic acids is 2. The van der Waals surface area contributed by atoms with E-state index in [4.69, 9.17) is 9.47 Å². The van der Waals surface area contributed by atoms with E-state index in [1.165, 1.54) is 14.2 Å². The Morgan fingerprint density at radius 2 is 1.94 bits per heavy atom. The molecule has 0 aliphatic carbocycles. The average Bonchev–Trinajstić information content (AvgIpc) is 2.37. The average molecular weight is 236 g/mol. The Balaban J connectivity index is 3.32. The van der Waals surface area contributed by atoms with E-state index in [9.17, 15) is 9.59 Å². The van der Waals surface area contributed by atoms with Crippen LogP contribution in [-0.4, -0.2) is 26.8 Å². The lowest BCUT2D eigenvalue weighted by atomic mass is 9.95. The maximum absolute atomic E-state index is 10.8. The molecule has 1 rings (SSSR count). The number of carbonyl (C=O) groups is 2. The number of hydrogen-bond acceptors (Lipinski definition) is 4. The first-order valence-corrected chi connectivity index (χ1v) is 5.32. The van der Waals surface area contributed by atoms with E-state index in [0.717, 1.165) is 18.1 Å². The summed E-state index contributed by atoms with van der Waals surface area (Å²) in [5.74, 6) is 1.06. The molecule has 0 aliphatic rings. The fraction of sp³-hybridized carbons (Fsp3) is 0.385. The summed E-state index contributed by atoms with van der Waals surface area (Å²) in [6.07, 6.45) is 1.98. The lowest BCUT2D eigenvalue weighted by Gasteiger charge is -2.17. The molecule has 0 N–H and O–H groups in total. The lowest BCUT2D eigenvalue weighted by molar-refractivity contribution is -0.108. The van der Waals surface area contributed by atoms with Crippen LogP contribution >= 0.6 is 0 Å². The maximum Gasteiger partial charge on any atom is 0.164 e. The van der Waals surface area contributed by atoms with Crippen LogP contribution in [0.5, 0.6) is 11.5 Å². The molecule has 0 radical (unpaired) electrons. The highest BCUT2D eigenvalue weighted by molar-refractivity contribution is 5.77. The monoisotopic (exact) mass is 236 g/mol. The van der Waals surface area contributed by atoms with Gasteiger partial charge in [0.2, 0.25) is 0 Å². The van der Waals surface area contributed by atoms with E-state index in [2.05, 4.69) is 0 Å². The van der Waals surface area contributed by atoms with E-state index >= 15 is 0 Å². The number of aldehydes is 2. The van der Waals surface area contributed by atoms with Crippen molar-refractivity contribution in [2.24, 2.45) is 0 Å². The minimum atomic E-state index is -0.0174. The highest BCUT2D eigenvalue weighted by Gasteiger charge is 2.17. The molecule has 0 bridgehead atoms. The molecule has 0 saturated carbocycles. The van der Waals surface area contributed by atoms with Crippen LogP contribution in [0, 0.1) is 0 Å². The molecule has 0 aromatic heterocycles. The summed E-state index contributed by atoms with van der Waals surface area (Å²) in [5.41, 5.74) is 1.32. The van der Waals surface area contributed by atoms with Gasteiger partial charge in [0.25, 0.3) is 0 Å². The third kappa shape index (κ3) is 2.84. The summed E-state index contributed by atoms with van der Waals surface area (Å²) in [4.78, 5) is 21.4. The van der Waals surface area contributed by atoms with Crippen molar-refractivity contribution in [2.45, 2.75) is 19.3 Å². The number of ether oxygens (including phenoxy) is 2. The van der Waals surface area contributed by atoms with Crippen LogP contribution < -0.4 is 9.47 Å². The topological polar surface area (TPSA) is 52.6 Å². The zero-order valence-corrected chi connectivity index (χ0v) is 10.2. The molecular formula is C13H16O4. The molecule has 0 fully saturated rings. The largest absolute Gasteiger partial charge is 0.493 e. The molecule has 4 nitrogen and oxygen atoms in total. The van der Waals surface area contributed by atoms with Gasteiger partial charge in [-0.15, -0.1) is 0 Å². The van der Waals surface area contributed by atoms with Crippen LogP contribution in [0.4, 0.5) is 0 Å². The van der Waals surface area contributed by atoms with E-state index in [-0.39, 0.29) is 5.92 Å². The summed E-state index contributed by atoms with van der Waals surface area (Å²) < 4.78 is 10.5. The number of benzene rings is 1. The predicted molar refractivity (Wildman–Crippen MR) is 64.0 cm³/mol. The Bertz CT molecular complexity index is 412. The summed E-state index contributed by atoms with van der Waals surface area (Å²) in [6, 6.07) is 3.34. The van der Waals surface area contributed by atoms with Gasteiger partial charge in [0, 0.05) is 17.5 Å². The molecular weight excluding hydrogens is 220 g/mol. The first-order chi connectivity index (χ1) is 8.17. The molecule has 4 heteroatoms. The molecule has 17 heavy (non-hydrogen) atoms. The predicted octanol–water partition coefficient (Wildman–Crippen LogP) is 2.21. The normalized spacial score (nSPS) is 11.7. The SMILES string of the molecule is COc1cc(C=O)cc(C(C)CC=O)c1OC. The fourth-order valence-electron chi connectivity index (χ4n) is 1.72. The Labute approximate surface area is 101 Å². The number of methoxy groups -OCH3 is 2. The van der Waals surface area contributed by atoms with Crippen molar-refractivity contribution in [1.82, 2.24) is 0 Å². The van der Waals surface area contributed by atoms with Gasteiger partial charge in [0.05, 0.1) is 14.2 Å².